The summed E-state index contributed by atoms with van der Waals surface area (Å²) in [5.74, 6) is -0.164. The van der Waals surface area contributed by atoms with E-state index in [2.05, 4.69) is 4.98 Å². The van der Waals surface area contributed by atoms with Crippen LogP contribution in [0.5, 0.6) is 0 Å². The zero-order valence-corrected chi connectivity index (χ0v) is 7.19. The van der Waals surface area contributed by atoms with Crippen molar-refractivity contribution in [1.29, 1.82) is 5.26 Å². The highest BCUT2D eigenvalue weighted by atomic mass is 16.1. The summed E-state index contributed by atoms with van der Waals surface area (Å²) in [7, 11) is 0. The Labute approximate surface area is 76.0 Å². The molecule has 66 valence electrons. The van der Waals surface area contributed by atoms with Crippen LogP contribution in [0.4, 0.5) is 0 Å². The molecule has 13 heavy (non-hydrogen) atoms. The monoisotopic (exact) mass is 175 g/mol. The average Bonchev–Trinajstić information content (AvgIpc) is 2.16. The minimum absolute atomic E-state index is 0.164. The van der Waals surface area contributed by atoms with Crippen LogP contribution in [0.15, 0.2) is 18.2 Å². The number of Topliss-reactive ketones (excluding diaryl/α,β-unsaturated/α-hetero) is 1. The van der Waals surface area contributed by atoms with Gasteiger partial charge in [-0.2, -0.15) is 5.26 Å². The minimum atomic E-state index is -0.728. The molecule has 0 aliphatic carbocycles. The lowest BCUT2D eigenvalue weighted by Crippen LogP contribution is -2.19. The molecule has 1 rings (SSSR count). The van der Waals surface area contributed by atoms with Gasteiger partial charge in [0.1, 0.15) is 17.8 Å². The van der Waals surface area contributed by atoms with Gasteiger partial charge in [-0.15, -0.1) is 0 Å². The summed E-state index contributed by atoms with van der Waals surface area (Å²) in [6, 6.07) is 6.01. The van der Waals surface area contributed by atoms with Crippen molar-refractivity contribution in [3.05, 3.63) is 29.6 Å². The van der Waals surface area contributed by atoms with Crippen molar-refractivity contribution in [2.75, 3.05) is 0 Å². The smallest absolute Gasteiger partial charge is 0.152 e. The second kappa shape index (κ2) is 3.78. The normalized spacial score (nSPS) is 11.8. The van der Waals surface area contributed by atoms with Gasteiger partial charge in [0.25, 0.3) is 0 Å². The second-order valence-corrected chi connectivity index (χ2v) is 2.65. The molecule has 0 bridgehead atoms. The number of rotatable bonds is 2. The summed E-state index contributed by atoms with van der Waals surface area (Å²) in [5, 5.41) is 8.54. The number of hydrogen-bond acceptors (Lipinski definition) is 4. The summed E-state index contributed by atoms with van der Waals surface area (Å²) >= 11 is 0. The van der Waals surface area contributed by atoms with Gasteiger partial charge in [0.2, 0.25) is 0 Å². The zero-order chi connectivity index (χ0) is 9.84. The average molecular weight is 175 g/mol. The van der Waals surface area contributed by atoms with Crippen LogP contribution in [0, 0.1) is 11.3 Å². The van der Waals surface area contributed by atoms with Crippen LogP contribution in [-0.2, 0) is 4.79 Å². The molecule has 0 fully saturated rings. The lowest BCUT2D eigenvalue weighted by Gasteiger charge is -2.05. The van der Waals surface area contributed by atoms with E-state index in [1.807, 2.05) is 6.07 Å². The summed E-state index contributed by atoms with van der Waals surface area (Å²) < 4.78 is 0. The van der Waals surface area contributed by atoms with Crippen molar-refractivity contribution < 1.29 is 4.79 Å². The number of nitrogens with zero attached hydrogens (tertiary/aromatic N) is 2. The molecule has 0 aromatic carbocycles. The molecule has 4 heteroatoms. The molecular weight excluding hydrogens is 166 g/mol. The van der Waals surface area contributed by atoms with E-state index in [1.165, 1.54) is 6.92 Å². The highest BCUT2D eigenvalue weighted by Crippen LogP contribution is 2.08. The second-order valence-electron chi connectivity index (χ2n) is 2.65. The lowest BCUT2D eigenvalue weighted by atomic mass is 10.1. The quantitative estimate of drug-likeness (QED) is 0.711. The number of hydrogen-bond donors (Lipinski definition) is 1. The Kier molecular flexibility index (Phi) is 2.72. The minimum Gasteiger partial charge on any atom is -0.317 e. The highest BCUT2D eigenvalue weighted by molar-refractivity contribution is 5.82. The third-order valence-corrected chi connectivity index (χ3v) is 1.64. The Bertz CT molecular complexity index is 367. The topological polar surface area (TPSA) is 79.8 Å². The number of pyridine rings is 1. The van der Waals surface area contributed by atoms with Gasteiger partial charge >= 0.3 is 0 Å². The number of carbonyl (C=O) groups is 1. The first-order valence-electron chi connectivity index (χ1n) is 3.78. The van der Waals surface area contributed by atoms with Crippen LogP contribution < -0.4 is 5.73 Å². The van der Waals surface area contributed by atoms with Crippen LogP contribution in [0.1, 0.15) is 24.4 Å². The number of ketones is 1. The van der Waals surface area contributed by atoms with Gasteiger partial charge < -0.3 is 5.73 Å². The van der Waals surface area contributed by atoms with Gasteiger partial charge in [0.05, 0.1) is 5.69 Å². The predicted octanol–water partition coefficient (Wildman–Crippen LogP) is 0.542. The third-order valence-electron chi connectivity index (χ3n) is 1.64. The Balaban J connectivity index is 3.03. The van der Waals surface area contributed by atoms with Crippen molar-refractivity contribution in [3.8, 4) is 6.07 Å². The summed E-state index contributed by atoms with van der Waals surface area (Å²) in [4.78, 5) is 14.8. The van der Waals surface area contributed by atoms with Gasteiger partial charge in [-0.1, -0.05) is 6.07 Å². The van der Waals surface area contributed by atoms with Gasteiger partial charge in [-0.25, -0.2) is 4.98 Å². The van der Waals surface area contributed by atoms with E-state index in [1.54, 1.807) is 18.2 Å². The maximum absolute atomic E-state index is 10.9. The van der Waals surface area contributed by atoms with E-state index in [0.29, 0.717) is 5.69 Å². The summed E-state index contributed by atoms with van der Waals surface area (Å²) in [6.45, 7) is 1.39. The van der Waals surface area contributed by atoms with Crippen molar-refractivity contribution in [2.24, 2.45) is 5.73 Å². The first-order valence-corrected chi connectivity index (χ1v) is 3.78. The molecule has 0 saturated carbocycles. The standard InChI is InChI=1S/C9H9N3O/c1-6(13)9(11)8-4-2-3-7(5-10)12-8/h2-4,9H,11H2,1H3. The molecule has 4 nitrogen and oxygen atoms in total. The number of nitriles is 1. The van der Waals surface area contributed by atoms with Gasteiger partial charge in [-0.3, -0.25) is 4.79 Å². The molecule has 1 atom stereocenters. The van der Waals surface area contributed by atoms with Crippen molar-refractivity contribution in [3.63, 3.8) is 0 Å². The zero-order valence-electron chi connectivity index (χ0n) is 7.19. The molecule has 0 spiro atoms. The molecule has 0 amide bonds. The Morgan fingerprint density at radius 1 is 1.69 bits per heavy atom. The molecule has 1 unspecified atom stereocenters. The molecule has 0 radical (unpaired) electrons. The highest BCUT2D eigenvalue weighted by Gasteiger charge is 2.12. The Hall–Kier alpha value is -1.73. The molecule has 0 saturated heterocycles. The van der Waals surface area contributed by atoms with Crippen LogP contribution in [0.2, 0.25) is 0 Å². The van der Waals surface area contributed by atoms with E-state index in [9.17, 15) is 4.79 Å². The van der Waals surface area contributed by atoms with Crippen LogP contribution in [0.25, 0.3) is 0 Å². The van der Waals surface area contributed by atoms with Crippen LogP contribution >= 0.6 is 0 Å². The van der Waals surface area contributed by atoms with E-state index in [-0.39, 0.29) is 11.5 Å². The van der Waals surface area contributed by atoms with Gasteiger partial charge in [0.15, 0.2) is 5.78 Å². The number of aromatic nitrogens is 1. The van der Waals surface area contributed by atoms with Crippen LogP contribution in [-0.4, -0.2) is 10.8 Å². The van der Waals surface area contributed by atoms with E-state index >= 15 is 0 Å². The number of nitrogens with two attached hydrogens (primary N) is 1. The maximum atomic E-state index is 10.9. The number of carbonyl (C=O) groups excluding carboxylic acids is 1. The Morgan fingerprint density at radius 2 is 2.38 bits per heavy atom. The van der Waals surface area contributed by atoms with Crippen molar-refractivity contribution >= 4 is 5.78 Å². The predicted molar refractivity (Wildman–Crippen MR) is 46.6 cm³/mol. The molecule has 0 aliphatic rings. The van der Waals surface area contributed by atoms with Crippen LogP contribution in [0.3, 0.4) is 0 Å². The molecule has 1 aromatic rings. The molecular formula is C9H9N3O. The van der Waals surface area contributed by atoms with E-state index < -0.39 is 6.04 Å². The molecule has 1 heterocycles. The van der Waals surface area contributed by atoms with E-state index in [0.717, 1.165) is 0 Å². The lowest BCUT2D eigenvalue weighted by molar-refractivity contribution is -0.118. The SMILES string of the molecule is CC(=O)C(N)c1cccc(C#N)n1. The first-order chi connectivity index (χ1) is 6.15. The summed E-state index contributed by atoms with van der Waals surface area (Å²) in [5.41, 5.74) is 6.25. The van der Waals surface area contributed by atoms with Gasteiger partial charge in [-0.05, 0) is 19.1 Å². The summed E-state index contributed by atoms with van der Waals surface area (Å²) in [6.07, 6.45) is 0. The molecule has 0 aliphatic heterocycles. The van der Waals surface area contributed by atoms with Gasteiger partial charge in [0, 0.05) is 0 Å². The molecule has 2 N–H and O–H groups in total. The first kappa shape index (κ1) is 9.36. The fourth-order valence-electron chi connectivity index (χ4n) is 0.895. The van der Waals surface area contributed by atoms with Crippen molar-refractivity contribution in [2.45, 2.75) is 13.0 Å². The van der Waals surface area contributed by atoms with Crippen molar-refractivity contribution in [1.82, 2.24) is 4.98 Å². The fraction of sp³-hybridized carbons (Fsp3) is 0.222. The molecule has 1 aromatic heterocycles. The third kappa shape index (κ3) is 2.10. The van der Waals surface area contributed by atoms with E-state index in [4.69, 9.17) is 11.0 Å². The maximum Gasteiger partial charge on any atom is 0.152 e. The Morgan fingerprint density at radius 3 is 2.92 bits per heavy atom. The largest absolute Gasteiger partial charge is 0.317 e. The fourth-order valence-corrected chi connectivity index (χ4v) is 0.895.